The van der Waals surface area contributed by atoms with Crippen molar-refractivity contribution in [2.75, 3.05) is 32.9 Å². The average Bonchev–Trinajstić information content (AvgIpc) is 3.43. The summed E-state index contributed by atoms with van der Waals surface area (Å²) >= 11 is 0. The molecule has 11 nitrogen and oxygen atoms in total. The Morgan fingerprint density at radius 1 is 1.30 bits per heavy atom. The summed E-state index contributed by atoms with van der Waals surface area (Å²) in [7, 11) is 0. The average molecular weight is 569 g/mol. The molecule has 3 aliphatic rings. The highest BCUT2D eigenvalue weighted by Gasteiger charge is 2.38. The Morgan fingerprint density at radius 3 is 2.75 bits per heavy atom. The van der Waals surface area contributed by atoms with Crippen LogP contribution in [0, 0.1) is 5.92 Å². The van der Waals surface area contributed by atoms with E-state index in [-0.39, 0.29) is 49.3 Å². The van der Waals surface area contributed by atoms with Crippen molar-refractivity contribution in [2.24, 2.45) is 16.6 Å². The maximum atomic E-state index is 11.5. The zero-order valence-corrected chi connectivity index (χ0v) is 24.7. The lowest BCUT2D eigenvalue weighted by atomic mass is 9.84. The highest BCUT2D eigenvalue weighted by atomic mass is 16.4. The SMILES string of the molecule is C[C@@H]1N[C@H](CCCCCC[C@H](CO)CC[C@](O)(CN[C@]2(C)CCN[C@H](N)C2)CC(=O)O)[C@@H](N2CC=NC2)C[C@H]1O. The molecule has 2 saturated heterocycles. The number of rotatable bonds is 17. The van der Waals surface area contributed by atoms with Crippen LogP contribution in [-0.4, -0.2) is 112 Å². The third kappa shape index (κ3) is 10.6. The molecule has 3 heterocycles. The summed E-state index contributed by atoms with van der Waals surface area (Å²) < 4.78 is 0. The first-order chi connectivity index (χ1) is 19.0. The maximum Gasteiger partial charge on any atom is 0.306 e. The van der Waals surface area contributed by atoms with Crippen LogP contribution in [0.15, 0.2) is 4.99 Å². The first-order valence-corrected chi connectivity index (χ1v) is 15.5. The van der Waals surface area contributed by atoms with E-state index in [1.165, 1.54) is 0 Å². The van der Waals surface area contributed by atoms with Gasteiger partial charge in [-0.25, -0.2) is 0 Å². The van der Waals surface area contributed by atoms with Crippen LogP contribution in [0.4, 0.5) is 0 Å². The second-order valence-corrected chi connectivity index (χ2v) is 13.0. The minimum atomic E-state index is -1.37. The molecule has 0 bridgehead atoms. The number of nitrogens with zero attached hydrogens (tertiary/aromatic N) is 2. The summed E-state index contributed by atoms with van der Waals surface area (Å²) in [4.78, 5) is 18.2. The molecule has 0 aliphatic carbocycles. The van der Waals surface area contributed by atoms with E-state index < -0.39 is 11.6 Å². The molecular weight excluding hydrogens is 512 g/mol. The number of carbonyl (C=O) groups is 1. The van der Waals surface area contributed by atoms with E-state index in [4.69, 9.17) is 5.73 Å². The van der Waals surface area contributed by atoms with E-state index in [9.17, 15) is 25.2 Å². The third-order valence-corrected chi connectivity index (χ3v) is 9.41. The molecule has 232 valence electrons. The van der Waals surface area contributed by atoms with Gasteiger partial charge in [0.1, 0.15) is 0 Å². The fourth-order valence-electron chi connectivity index (χ4n) is 6.68. The van der Waals surface area contributed by atoms with E-state index in [1.807, 2.05) is 6.21 Å². The highest BCUT2D eigenvalue weighted by molar-refractivity contribution is 5.68. The van der Waals surface area contributed by atoms with Crippen molar-refractivity contribution < 1.29 is 25.2 Å². The largest absolute Gasteiger partial charge is 0.481 e. The standard InChI is InChI=1S/C29H56N6O5/c1-21-25(37)15-24(35-14-13-31-20-35)23(34-21)8-6-4-3-5-7-22(18-36)9-10-29(40,17-27(38)39)19-33-28(2)11-12-32-26(30)16-28/h13,21-26,32-34,36-37,40H,3-12,14-20,30H2,1-2H3,(H,38,39)/t21-,22-,23+,24-,25+,26-,28+,29+/m0/s1. The molecule has 3 aliphatic heterocycles. The molecule has 0 amide bonds. The van der Waals surface area contributed by atoms with Crippen LogP contribution >= 0.6 is 0 Å². The Bertz CT molecular complexity index is 797. The lowest BCUT2D eigenvalue weighted by Gasteiger charge is -2.43. The number of piperidine rings is 2. The van der Waals surface area contributed by atoms with Crippen LogP contribution in [0.25, 0.3) is 0 Å². The fraction of sp³-hybridized carbons (Fsp3) is 0.931. The van der Waals surface area contributed by atoms with Gasteiger partial charge in [0.05, 0.1) is 31.0 Å². The number of hydrogen-bond acceptors (Lipinski definition) is 10. The molecule has 0 aromatic heterocycles. The molecular formula is C29H56N6O5. The van der Waals surface area contributed by atoms with Gasteiger partial charge in [0.15, 0.2) is 0 Å². The number of carboxylic acids is 1. The number of aliphatic hydroxyl groups excluding tert-OH is 2. The predicted octanol–water partition coefficient (Wildman–Crippen LogP) is 0.762. The van der Waals surface area contributed by atoms with Gasteiger partial charge in [-0.05, 0) is 71.3 Å². The topological polar surface area (TPSA) is 176 Å². The van der Waals surface area contributed by atoms with Crippen LogP contribution in [0.1, 0.15) is 90.9 Å². The smallest absolute Gasteiger partial charge is 0.306 e. The second kappa shape index (κ2) is 15.9. The lowest BCUT2D eigenvalue weighted by molar-refractivity contribution is -0.143. The van der Waals surface area contributed by atoms with E-state index in [0.717, 1.165) is 71.1 Å². The summed E-state index contributed by atoms with van der Waals surface area (Å²) in [5, 5.41) is 51.3. The van der Waals surface area contributed by atoms with Crippen molar-refractivity contribution in [2.45, 2.75) is 132 Å². The van der Waals surface area contributed by atoms with Crippen molar-refractivity contribution in [1.29, 1.82) is 0 Å². The normalized spacial score (nSPS) is 33.6. The number of carboxylic acid groups (broad SMARTS) is 1. The Hall–Kier alpha value is -1.18. The Kier molecular flexibility index (Phi) is 13.2. The quantitative estimate of drug-likeness (QED) is 0.117. The van der Waals surface area contributed by atoms with E-state index in [2.05, 4.69) is 39.7 Å². The highest BCUT2D eigenvalue weighted by Crippen LogP contribution is 2.27. The molecule has 2 fully saturated rings. The fourth-order valence-corrected chi connectivity index (χ4v) is 6.68. The van der Waals surface area contributed by atoms with Gasteiger partial charge in [-0.1, -0.05) is 25.7 Å². The maximum absolute atomic E-state index is 11.5. The third-order valence-electron chi connectivity index (χ3n) is 9.41. The van der Waals surface area contributed by atoms with Gasteiger partial charge in [-0.2, -0.15) is 0 Å². The number of aliphatic carboxylic acids is 1. The van der Waals surface area contributed by atoms with Crippen LogP contribution in [0.2, 0.25) is 0 Å². The molecule has 8 atom stereocenters. The number of hydrogen-bond donors (Lipinski definition) is 8. The van der Waals surface area contributed by atoms with Crippen LogP contribution in [-0.2, 0) is 4.79 Å². The zero-order valence-electron chi connectivity index (χ0n) is 24.7. The molecule has 0 aromatic rings. The molecule has 3 rings (SSSR count). The molecule has 0 aromatic carbocycles. The molecule has 0 radical (unpaired) electrons. The van der Waals surface area contributed by atoms with Crippen molar-refractivity contribution >= 4 is 12.2 Å². The minimum Gasteiger partial charge on any atom is -0.481 e. The Labute approximate surface area is 240 Å². The van der Waals surface area contributed by atoms with Crippen LogP contribution in [0.3, 0.4) is 0 Å². The summed E-state index contributed by atoms with van der Waals surface area (Å²) in [5.41, 5.74) is 4.43. The molecule has 0 saturated carbocycles. The van der Waals surface area contributed by atoms with Gasteiger partial charge in [0.25, 0.3) is 0 Å². The monoisotopic (exact) mass is 568 g/mol. The first-order valence-electron chi connectivity index (χ1n) is 15.5. The molecule has 0 unspecified atom stereocenters. The molecule has 0 spiro atoms. The molecule has 11 heteroatoms. The predicted molar refractivity (Wildman–Crippen MR) is 157 cm³/mol. The van der Waals surface area contributed by atoms with Crippen molar-refractivity contribution in [3.8, 4) is 0 Å². The van der Waals surface area contributed by atoms with Crippen LogP contribution in [0.5, 0.6) is 0 Å². The van der Waals surface area contributed by atoms with E-state index in [1.54, 1.807) is 0 Å². The first kappa shape index (κ1) is 33.3. The Balaban J connectivity index is 1.37. The Morgan fingerprint density at radius 2 is 2.08 bits per heavy atom. The van der Waals surface area contributed by atoms with Gasteiger partial charge < -0.3 is 42.1 Å². The van der Waals surface area contributed by atoms with Gasteiger partial charge in [0, 0.05) is 49.6 Å². The summed E-state index contributed by atoms with van der Waals surface area (Å²) in [5.74, 6) is -0.974. The number of unbranched alkanes of at least 4 members (excludes halogenated alkanes) is 3. The number of aliphatic hydroxyl groups is 3. The van der Waals surface area contributed by atoms with Crippen molar-refractivity contribution in [1.82, 2.24) is 20.9 Å². The second-order valence-electron chi connectivity index (χ2n) is 13.0. The van der Waals surface area contributed by atoms with Crippen molar-refractivity contribution in [3.63, 3.8) is 0 Å². The number of β-amino-alcohol motifs (C(OH)–C–C–N with tert-alkyl or cyclic N) is 1. The summed E-state index contributed by atoms with van der Waals surface area (Å²) in [6.07, 6.45) is 10.7. The van der Waals surface area contributed by atoms with Crippen molar-refractivity contribution in [3.05, 3.63) is 0 Å². The van der Waals surface area contributed by atoms with E-state index in [0.29, 0.717) is 31.3 Å². The van der Waals surface area contributed by atoms with Gasteiger partial charge in [-0.15, -0.1) is 0 Å². The summed E-state index contributed by atoms with van der Waals surface area (Å²) in [6, 6.07) is 0.763. The van der Waals surface area contributed by atoms with Gasteiger partial charge >= 0.3 is 5.97 Å². The summed E-state index contributed by atoms with van der Waals surface area (Å²) in [6.45, 7) is 6.71. The number of aliphatic imine (C=N–C) groups is 1. The lowest BCUT2D eigenvalue weighted by Crippen LogP contribution is -2.60. The molecule has 40 heavy (non-hydrogen) atoms. The van der Waals surface area contributed by atoms with E-state index >= 15 is 0 Å². The zero-order chi connectivity index (χ0) is 29.2. The van der Waals surface area contributed by atoms with Gasteiger partial charge in [0.2, 0.25) is 0 Å². The molecule has 9 N–H and O–H groups in total. The number of nitrogens with two attached hydrogens (primary N) is 1. The van der Waals surface area contributed by atoms with Gasteiger partial charge in [-0.3, -0.25) is 14.7 Å². The number of nitrogens with one attached hydrogen (secondary N) is 3. The minimum absolute atomic E-state index is 0.0423. The van der Waals surface area contributed by atoms with Crippen LogP contribution < -0.4 is 21.7 Å².